The van der Waals surface area contributed by atoms with Crippen molar-refractivity contribution in [2.75, 3.05) is 0 Å². The topological polar surface area (TPSA) is 93.0 Å². The number of hydrogen-bond donors (Lipinski definition) is 1. The molecule has 0 aliphatic carbocycles. The molecule has 0 unspecified atom stereocenters. The SMILES string of the molecule is CCC(C)(C)NC(=O)[C@H](c1cccnc1)N(Cc1ccccc1)C(=O)Cn1nnc2ccccc21. The first-order valence-electron chi connectivity index (χ1n) is 11.7. The molecule has 0 spiro atoms. The van der Waals surface area contributed by atoms with Crippen LogP contribution in [-0.4, -0.2) is 42.2 Å². The van der Waals surface area contributed by atoms with Crippen LogP contribution in [-0.2, 0) is 22.7 Å². The largest absolute Gasteiger partial charge is 0.349 e. The molecule has 2 aromatic heterocycles. The van der Waals surface area contributed by atoms with Gasteiger partial charge in [0.1, 0.15) is 18.1 Å². The van der Waals surface area contributed by atoms with E-state index in [0.29, 0.717) is 11.1 Å². The molecule has 180 valence electrons. The molecule has 0 bridgehead atoms. The van der Waals surface area contributed by atoms with Crippen LogP contribution in [0.1, 0.15) is 44.4 Å². The van der Waals surface area contributed by atoms with Crippen LogP contribution >= 0.6 is 0 Å². The van der Waals surface area contributed by atoms with Crippen molar-refractivity contribution in [1.82, 2.24) is 30.2 Å². The Kier molecular flexibility index (Phi) is 7.19. The van der Waals surface area contributed by atoms with Crippen molar-refractivity contribution in [1.29, 1.82) is 0 Å². The van der Waals surface area contributed by atoms with Crippen molar-refractivity contribution < 1.29 is 9.59 Å². The van der Waals surface area contributed by atoms with Gasteiger partial charge >= 0.3 is 0 Å². The van der Waals surface area contributed by atoms with E-state index >= 15 is 0 Å². The molecule has 8 nitrogen and oxygen atoms in total. The highest BCUT2D eigenvalue weighted by Crippen LogP contribution is 2.25. The van der Waals surface area contributed by atoms with Gasteiger partial charge in [0.05, 0.1) is 5.52 Å². The van der Waals surface area contributed by atoms with Gasteiger partial charge in [0, 0.05) is 30.0 Å². The predicted molar refractivity (Wildman–Crippen MR) is 134 cm³/mol. The van der Waals surface area contributed by atoms with Crippen molar-refractivity contribution in [2.45, 2.75) is 51.9 Å². The van der Waals surface area contributed by atoms with E-state index in [9.17, 15) is 9.59 Å². The molecule has 0 saturated heterocycles. The summed E-state index contributed by atoms with van der Waals surface area (Å²) in [5.41, 5.74) is 2.60. The predicted octanol–water partition coefficient (Wildman–Crippen LogP) is 3.90. The van der Waals surface area contributed by atoms with Gasteiger partial charge in [-0.3, -0.25) is 14.6 Å². The third-order valence-corrected chi connectivity index (χ3v) is 6.13. The minimum absolute atomic E-state index is 0.0471. The minimum atomic E-state index is -0.864. The van der Waals surface area contributed by atoms with Crippen molar-refractivity contribution in [3.63, 3.8) is 0 Å². The normalized spacial score (nSPS) is 12.3. The van der Waals surface area contributed by atoms with Crippen molar-refractivity contribution in [3.05, 3.63) is 90.3 Å². The number of nitrogens with zero attached hydrogens (tertiary/aromatic N) is 5. The molecule has 2 heterocycles. The number of nitrogens with one attached hydrogen (secondary N) is 1. The number of carbonyl (C=O) groups is 2. The molecule has 1 atom stereocenters. The number of rotatable bonds is 9. The average Bonchev–Trinajstić information content (AvgIpc) is 3.27. The highest BCUT2D eigenvalue weighted by molar-refractivity contribution is 5.89. The van der Waals surface area contributed by atoms with Gasteiger partial charge in [-0.15, -0.1) is 5.10 Å². The molecule has 4 rings (SSSR count). The first kappa shape index (κ1) is 24.1. The molecular weight excluding hydrogens is 440 g/mol. The Hall–Kier alpha value is -4.07. The zero-order chi connectivity index (χ0) is 24.8. The molecule has 2 amide bonds. The number of para-hydroxylation sites is 1. The number of fused-ring (bicyclic) bond motifs is 1. The number of aromatic nitrogens is 4. The van der Waals surface area contributed by atoms with Gasteiger partial charge in [-0.25, -0.2) is 4.68 Å². The Morgan fingerprint density at radius 2 is 1.77 bits per heavy atom. The highest BCUT2D eigenvalue weighted by Gasteiger charge is 2.34. The molecule has 0 fully saturated rings. The Morgan fingerprint density at radius 3 is 2.49 bits per heavy atom. The lowest BCUT2D eigenvalue weighted by molar-refractivity contribution is -0.143. The standard InChI is InChI=1S/C27H30N6O2/c1-4-27(2,3)29-26(35)25(21-13-10-16-28-17-21)32(18-20-11-6-5-7-12-20)24(34)19-33-23-15-9-8-14-22(23)30-31-33/h5-17,25H,4,18-19H2,1-3H3,(H,29,35)/t25-/m0/s1. The van der Waals surface area contributed by atoms with Crippen LogP contribution in [0.4, 0.5) is 0 Å². The third kappa shape index (κ3) is 5.71. The maximum absolute atomic E-state index is 13.8. The lowest BCUT2D eigenvalue weighted by atomic mass is 9.99. The van der Waals surface area contributed by atoms with Crippen LogP contribution < -0.4 is 5.32 Å². The van der Waals surface area contributed by atoms with E-state index in [4.69, 9.17) is 0 Å². The van der Waals surface area contributed by atoms with Gasteiger partial charge in [-0.2, -0.15) is 0 Å². The monoisotopic (exact) mass is 470 g/mol. The molecule has 0 aliphatic heterocycles. The summed E-state index contributed by atoms with van der Waals surface area (Å²) in [4.78, 5) is 33.4. The summed E-state index contributed by atoms with van der Waals surface area (Å²) < 4.78 is 1.57. The smallest absolute Gasteiger partial charge is 0.247 e. The van der Waals surface area contributed by atoms with Gasteiger partial charge in [-0.1, -0.05) is 60.7 Å². The Labute approximate surface area is 205 Å². The summed E-state index contributed by atoms with van der Waals surface area (Å²) >= 11 is 0. The van der Waals surface area contributed by atoms with Crippen LogP contribution in [0.15, 0.2) is 79.1 Å². The summed E-state index contributed by atoms with van der Waals surface area (Å²) in [6, 6.07) is 19.9. The maximum atomic E-state index is 13.8. The summed E-state index contributed by atoms with van der Waals surface area (Å²) in [6.45, 7) is 6.16. The fourth-order valence-electron chi connectivity index (χ4n) is 3.86. The lowest BCUT2D eigenvalue weighted by Gasteiger charge is -2.34. The molecule has 0 radical (unpaired) electrons. The maximum Gasteiger partial charge on any atom is 0.247 e. The quantitative estimate of drug-likeness (QED) is 0.400. The molecule has 2 aromatic carbocycles. The van der Waals surface area contributed by atoms with E-state index in [1.54, 1.807) is 28.0 Å². The van der Waals surface area contributed by atoms with Crippen LogP contribution in [0.5, 0.6) is 0 Å². The average molecular weight is 471 g/mol. The number of amides is 2. The van der Waals surface area contributed by atoms with Gasteiger partial charge in [0.2, 0.25) is 11.8 Å². The third-order valence-electron chi connectivity index (χ3n) is 6.13. The molecule has 0 saturated carbocycles. The van der Waals surface area contributed by atoms with Crippen molar-refractivity contribution in [3.8, 4) is 0 Å². The first-order valence-corrected chi connectivity index (χ1v) is 11.7. The molecule has 0 aliphatic rings. The fourth-order valence-corrected chi connectivity index (χ4v) is 3.86. The second kappa shape index (κ2) is 10.5. The second-order valence-electron chi connectivity index (χ2n) is 9.16. The van der Waals surface area contributed by atoms with E-state index < -0.39 is 11.6 Å². The van der Waals surface area contributed by atoms with Gasteiger partial charge in [0.15, 0.2) is 0 Å². The highest BCUT2D eigenvalue weighted by atomic mass is 16.2. The fraction of sp³-hybridized carbons (Fsp3) is 0.296. The number of pyridine rings is 1. The summed E-state index contributed by atoms with van der Waals surface area (Å²) in [7, 11) is 0. The zero-order valence-electron chi connectivity index (χ0n) is 20.3. The van der Waals surface area contributed by atoms with Gasteiger partial charge < -0.3 is 10.2 Å². The van der Waals surface area contributed by atoms with Crippen LogP contribution in [0, 0.1) is 0 Å². The number of hydrogen-bond acceptors (Lipinski definition) is 5. The summed E-state index contributed by atoms with van der Waals surface area (Å²) in [5, 5.41) is 11.5. The number of carbonyl (C=O) groups excluding carboxylic acids is 2. The van der Waals surface area contributed by atoms with E-state index in [0.717, 1.165) is 17.5 Å². The van der Waals surface area contributed by atoms with Gasteiger partial charge in [-0.05, 0) is 44.0 Å². The minimum Gasteiger partial charge on any atom is -0.349 e. The van der Waals surface area contributed by atoms with E-state index in [1.807, 2.05) is 81.4 Å². The van der Waals surface area contributed by atoms with Crippen molar-refractivity contribution >= 4 is 22.8 Å². The lowest BCUT2D eigenvalue weighted by Crippen LogP contribution is -2.50. The summed E-state index contributed by atoms with van der Waals surface area (Å²) in [6.07, 6.45) is 4.04. The Morgan fingerprint density at radius 1 is 1.03 bits per heavy atom. The van der Waals surface area contributed by atoms with Crippen LogP contribution in [0.3, 0.4) is 0 Å². The van der Waals surface area contributed by atoms with Crippen molar-refractivity contribution in [2.24, 2.45) is 0 Å². The van der Waals surface area contributed by atoms with E-state index in [2.05, 4.69) is 20.6 Å². The summed E-state index contributed by atoms with van der Waals surface area (Å²) in [5.74, 6) is -0.500. The molecular formula is C27H30N6O2. The second-order valence-corrected chi connectivity index (χ2v) is 9.16. The molecule has 35 heavy (non-hydrogen) atoms. The molecule has 8 heteroatoms. The van der Waals surface area contributed by atoms with Gasteiger partial charge in [0.25, 0.3) is 0 Å². The van der Waals surface area contributed by atoms with Crippen LogP contribution in [0.2, 0.25) is 0 Å². The number of benzene rings is 2. The first-order chi connectivity index (χ1) is 16.9. The Balaban J connectivity index is 1.74. The van der Waals surface area contributed by atoms with Crippen LogP contribution in [0.25, 0.3) is 11.0 Å². The van der Waals surface area contributed by atoms with E-state index in [1.165, 1.54) is 0 Å². The Bertz CT molecular complexity index is 1290. The van der Waals surface area contributed by atoms with E-state index in [-0.39, 0.29) is 24.9 Å². The zero-order valence-corrected chi connectivity index (χ0v) is 20.3. The molecule has 1 N–H and O–H groups in total. The molecule has 4 aromatic rings.